The topological polar surface area (TPSA) is 52.9 Å². The van der Waals surface area contributed by atoms with E-state index in [1.165, 1.54) is 24.4 Å². The number of aromatic carboxylic acids is 1. The number of anilines is 1. The molecule has 0 fully saturated rings. The molecule has 0 bridgehead atoms. The monoisotopic (exact) mass is 414 g/mol. The van der Waals surface area contributed by atoms with E-state index in [4.69, 9.17) is 16.7 Å². The highest BCUT2D eigenvalue weighted by Crippen LogP contribution is 2.40. The van der Waals surface area contributed by atoms with Gasteiger partial charge in [0, 0.05) is 29.6 Å². The summed E-state index contributed by atoms with van der Waals surface area (Å²) in [5.41, 5.74) is 3.40. The van der Waals surface area contributed by atoms with E-state index in [-0.39, 0.29) is 22.6 Å². The molecule has 0 amide bonds. The van der Waals surface area contributed by atoms with Crippen LogP contribution in [0.25, 0.3) is 5.57 Å². The zero-order valence-electron chi connectivity index (χ0n) is 17.0. The molecule has 1 aliphatic rings. The van der Waals surface area contributed by atoms with Crippen LogP contribution < -0.4 is 4.90 Å². The van der Waals surface area contributed by atoms with Gasteiger partial charge in [-0.1, -0.05) is 24.6 Å². The highest BCUT2D eigenvalue weighted by atomic mass is 35.5. The molecule has 6 heteroatoms. The Morgan fingerprint density at radius 2 is 2.03 bits per heavy atom. The fraction of sp³-hybridized carbons (Fsp3) is 0.304. The molecule has 1 heterocycles. The number of allylic oxidation sites excluding steroid dienone is 1. The lowest BCUT2D eigenvalue weighted by Crippen LogP contribution is -2.45. The molecule has 0 saturated heterocycles. The van der Waals surface area contributed by atoms with Crippen LogP contribution in [0.5, 0.6) is 0 Å². The first-order chi connectivity index (χ1) is 13.6. The maximum Gasteiger partial charge on any atom is 0.335 e. The van der Waals surface area contributed by atoms with E-state index < -0.39 is 5.97 Å². The molecule has 0 aliphatic carbocycles. The Morgan fingerprint density at radius 3 is 2.69 bits per heavy atom. The van der Waals surface area contributed by atoms with Gasteiger partial charge in [0.25, 0.3) is 0 Å². The molecule has 1 N–H and O–H groups in total. The number of nitrogens with zero attached hydrogens (tertiary/aromatic N) is 2. The summed E-state index contributed by atoms with van der Waals surface area (Å²) in [6.07, 6.45) is 4.54. The van der Waals surface area contributed by atoms with Crippen molar-refractivity contribution in [2.24, 2.45) is 4.99 Å². The minimum absolute atomic E-state index is 0.0729. The zero-order chi connectivity index (χ0) is 21.3. The molecule has 0 spiro atoms. The van der Waals surface area contributed by atoms with Gasteiger partial charge in [0.05, 0.1) is 21.8 Å². The Balaban J connectivity index is 2.04. The molecule has 152 valence electrons. The third-order valence-corrected chi connectivity index (χ3v) is 5.40. The van der Waals surface area contributed by atoms with Crippen molar-refractivity contribution in [3.8, 4) is 0 Å². The number of benzene rings is 2. The first-order valence-electron chi connectivity index (χ1n) is 9.52. The van der Waals surface area contributed by atoms with Gasteiger partial charge in [-0.15, -0.1) is 0 Å². The number of carboxylic acid groups (broad SMARTS) is 1. The molecular formula is C23H24ClFN2O2. The van der Waals surface area contributed by atoms with E-state index >= 15 is 0 Å². The molecule has 0 radical (unpaired) electrons. The standard InChI is InChI=1S/C23H24ClFN2O2/c1-5-8-27-21-11-19(25)16(9-17(21)14(2)12-23(27,3)4)13-26-20-10-15(22(28)29)6-7-18(20)24/h6-7,9-13H,5,8H2,1-4H3,(H,28,29). The third kappa shape index (κ3) is 4.20. The number of hydrogen-bond acceptors (Lipinski definition) is 3. The number of hydrogen-bond donors (Lipinski definition) is 1. The number of carbonyl (C=O) groups is 1. The summed E-state index contributed by atoms with van der Waals surface area (Å²) in [4.78, 5) is 17.6. The SMILES string of the molecule is CCCN1c2cc(F)c(C=Nc3cc(C(=O)O)ccc3Cl)cc2C(C)=CC1(C)C. The van der Waals surface area contributed by atoms with E-state index in [0.717, 1.165) is 29.8 Å². The van der Waals surface area contributed by atoms with Crippen LogP contribution in [-0.4, -0.2) is 29.4 Å². The van der Waals surface area contributed by atoms with Crippen LogP contribution in [0.3, 0.4) is 0 Å². The lowest BCUT2D eigenvalue weighted by molar-refractivity contribution is 0.0697. The second-order valence-corrected chi connectivity index (χ2v) is 8.16. The van der Waals surface area contributed by atoms with Crippen molar-refractivity contribution in [3.63, 3.8) is 0 Å². The maximum atomic E-state index is 14.9. The number of carboxylic acids is 1. The Labute approximate surface area is 175 Å². The molecule has 0 unspecified atom stereocenters. The van der Waals surface area contributed by atoms with Crippen molar-refractivity contribution in [2.75, 3.05) is 11.4 Å². The average Bonchev–Trinajstić information content (AvgIpc) is 2.64. The molecular weight excluding hydrogens is 391 g/mol. The molecule has 2 aromatic carbocycles. The number of fused-ring (bicyclic) bond motifs is 1. The van der Waals surface area contributed by atoms with Gasteiger partial charge < -0.3 is 10.0 Å². The molecule has 0 aromatic heterocycles. The van der Waals surface area contributed by atoms with Crippen LogP contribution in [0.2, 0.25) is 5.02 Å². The van der Waals surface area contributed by atoms with E-state index in [1.807, 2.05) is 6.92 Å². The second-order valence-electron chi connectivity index (χ2n) is 7.75. The molecule has 0 saturated carbocycles. The lowest BCUT2D eigenvalue weighted by atomic mass is 9.87. The van der Waals surface area contributed by atoms with Crippen molar-refractivity contribution < 1.29 is 14.3 Å². The molecule has 29 heavy (non-hydrogen) atoms. The molecule has 4 nitrogen and oxygen atoms in total. The van der Waals surface area contributed by atoms with Gasteiger partial charge in [-0.3, -0.25) is 4.99 Å². The summed E-state index contributed by atoms with van der Waals surface area (Å²) < 4.78 is 14.9. The predicted octanol–water partition coefficient (Wildman–Crippen LogP) is 6.34. The normalized spacial score (nSPS) is 15.4. The van der Waals surface area contributed by atoms with Gasteiger partial charge in [-0.2, -0.15) is 0 Å². The number of halogens is 2. The summed E-state index contributed by atoms with van der Waals surface area (Å²) in [7, 11) is 0. The Bertz CT molecular complexity index is 1030. The smallest absolute Gasteiger partial charge is 0.335 e. The van der Waals surface area contributed by atoms with E-state index in [2.05, 4.69) is 36.7 Å². The summed E-state index contributed by atoms with van der Waals surface area (Å²) in [6, 6.07) is 7.58. The first-order valence-corrected chi connectivity index (χ1v) is 9.89. The Morgan fingerprint density at radius 1 is 1.31 bits per heavy atom. The van der Waals surface area contributed by atoms with Gasteiger partial charge in [0.15, 0.2) is 0 Å². The summed E-state index contributed by atoms with van der Waals surface area (Å²) in [6.45, 7) is 9.21. The summed E-state index contributed by atoms with van der Waals surface area (Å²) in [5.74, 6) is -1.46. The zero-order valence-corrected chi connectivity index (χ0v) is 17.7. The highest BCUT2D eigenvalue weighted by molar-refractivity contribution is 6.33. The van der Waals surface area contributed by atoms with Crippen LogP contribution in [0.4, 0.5) is 15.8 Å². The lowest BCUT2D eigenvalue weighted by Gasteiger charge is -2.43. The van der Waals surface area contributed by atoms with Crippen molar-refractivity contribution in [1.29, 1.82) is 0 Å². The van der Waals surface area contributed by atoms with E-state index in [9.17, 15) is 9.18 Å². The quantitative estimate of drug-likeness (QED) is 0.581. The van der Waals surface area contributed by atoms with Crippen molar-refractivity contribution in [1.82, 2.24) is 0 Å². The fourth-order valence-corrected chi connectivity index (χ4v) is 3.90. The van der Waals surface area contributed by atoms with Gasteiger partial charge >= 0.3 is 5.97 Å². The van der Waals surface area contributed by atoms with Crippen LogP contribution in [0.15, 0.2) is 41.4 Å². The number of aliphatic imine (C=N–C) groups is 1. The van der Waals surface area contributed by atoms with Crippen LogP contribution in [0, 0.1) is 5.82 Å². The van der Waals surface area contributed by atoms with Crippen molar-refractivity contribution in [2.45, 2.75) is 39.7 Å². The second kappa shape index (κ2) is 7.99. The fourth-order valence-electron chi connectivity index (χ4n) is 3.73. The number of rotatable bonds is 5. The maximum absolute atomic E-state index is 14.9. The van der Waals surface area contributed by atoms with Gasteiger partial charge in [0.1, 0.15) is 5.82 Å². The largest absolute Gasteiger partial charge is 0.478 e. The van der Waals surface area contributed by atoms with Gasteiger partial charge in [0.2, 0.25) is 0 Å². The van der Waals surface area contributed by atoms with Crippen LogP contribution >= 0.6 is 11.6 Å². The molecule has 1 aliphatic heterocycles. The Hall–Kier alpha value is -2.66. The minimum Gasteiger partial charge on any atom is -0.478 e. The van der Waals surface area contributed by atoms with Crippen molar-refractivity contribution >= 4 is 40.7 Å². The van der Waals surface area contributed by atoms with Gasteiger partial charge in [-0.25, -0.2) is 9.18 Å². The van der Waals surface area contributed by atoms with Crippen LogP contribution in [0.1, 0.15) is 55.6 Å². The Kier molecular flexibility index (Phi) is 5.80. The molecule has 3 rings (SSSR count). The van der Waals surface area contributed by atoms with E-state index in [1.54, 1.807) is 12.1 Å². The predicted molar refractivity (Wildman–Crippen MR) is 117 cm³/mol. The first kappa shape index (κ1) is 21.1. The minimum atomic E-state index is -1.07. The van der Waals surface area contributed by atoms with E-state index in [0.29, 0.717) is 10.6 Å². The highest BCUT2D eigenvalue weighted by Gasteiger charge is 2.31. The molecule has 0 atom stereocenters. The average molecular weight is 415 g/mol. The third-order valence-electron chi connectivity index (χ3n) is 5.08. The van der Waals surface area contributed by atoms with Gasteiger partial charge in [-0.05, 0) is 63.1 Å². The van der Waals surface area contributed by atoms with Crippen LogP contribution in [-0.2, 0) is 0 Å². The molecule has 2 aromatic rings. The van der Waals surface area contributed by atoms with Crippen molar-refractivity contribution in [3.05, 3.63) is 63.9 Å². The summed E-state index contributed by atoms with van der Waals surface area (Å²) in [5, 5.41) is 9.44. The summed E-state index contributed by atoms with van der Waals surface area (Å²) >= 11 is 6.11.